The molecule has 3 aromatic rings. The van der Waals surface area contributed by atoms with Crippen molar-refractivity contribution in [1.82, 2.24) is 5.32 Å². The first-order chi connectivity index (χ1) is 14.3. The van der Waals surface area contributed by atoms with Gasteiger partial charge in [-0.1, -0.05) is 54.6 Å². The topological polar surface area (TPSA) is 39.7 Å². The Morgan fingerprint density at radius 3 is 2.72 bits per heavy atom. The summed E-state index contributed by atoms with van der Waals surface area (Å²) >= 11 is 0. The van der Waals surface area contributed by atoms with E-state index in [0.29, 0.717) is 19.3 Å². The molecule has 1 unspecified atom stereocenters. The predicted molar refractivity (Wildman–Crippen MR) is 113 cm³/mol. The highest BCUT2D eigenvalue weighted by Gasteiger charge is 2.25. The Labute approximate surface area is 171 Å². The Bertz CT molecular complexity index is 973. The van der Waals surface area contributed by atoms with E-state index >= 15 is 0 Å². The lowest BCUT2D eigenvalue weighted by molar-refractivity contribution is 0.0875. The molecule has 0 aromatic heterocycles. The van der Waals surface area contributed by atoms with Gasteiger partial charge in [0.1, 0.15) is 25.1 Å². The molecule has 4 heteroatoms. The summed E-state index contributed by atoms with van der Waals surface area (Å²) in [7, 11) is 0. The molecule has 29 heavy (non-hydrogen) atoms. The van der Waals surface area contributed by atoms with Crippen LogP contribution in [0, 0.1) is 0 Å². The predicted octanol–water partition coefficient (Wildman–Crippen LogP) is 4.68. The molecule has 0 radical (unpaired) electrons. The molecule has 2 aliphatic rings. The second-order valence-electron chi connectivity index (χ2n) is 7.63. The number of nitrogens with one attached hydrogen (secondary N) is 1. The Morgan fingerprint density at radius 2 is 1.79 bits per heavy atom. The molecular weight excluding hydrogens is 362 g/mol. The van der Waals surface area contributed by atoms with E-state index in [-0.39, 0.29) is 6.10 Å². The normalized spacial score (nSPS) is 19.6. The van der Waals surface area contributed by atoms with E-state index in [1.54, 1.807) is 0 Å². The molecular formula is C25H25NO3. The highest BCUT2D eigenvalue weighted by atomic mass is 16.6. The zero-order chi connectivity index (χ0) is 19.5. The van der Waals surface area contributed by atoms with E-state index in [9.17, 15) is 0 Å². The van der Waals surface area contributed by atoms with Gasteiger partial charge in [-0.25, -0.2) is 0 Å². The van der Waals surface area contributed by atoms with Crippen LogP contribution in [-0.4, -0.2) is 19.3 Å². The first-order valence-electron chi connectivity index (χ1n) is 10.3. The van der Waals surface area contributed by atoms with Crippen LogP contribution in [-0.2, 0) is 13.0 Å². The molecule has 2 atom stereocenters. The Hall–Kier alpha value is -2.98. The highest BCUT2D eigenvalue weighted by Crippen LogP contribution is 2.36. The van der Waals surface area contributed by atoms with Crippen molar-refractivity contribution in [2.45, 2.75) is 31.6 Å². The third kappa shape index (κ3) is 4.08. The minimum Gasteiger partial charge on any atom is -0.489 e. The number of hydrogen-bond donors (Lipinski definition) is 1. The van der Waals surface area contributed by atoms with Crippen molar-refractivity contribution >= 4 is 0 Å². The van der Waals surface area contributed by atoms with Gasteiger partial charge in [0.15, 0.2) is 11.5 Å². The van der Waals surface area contributed by atoms with Gasteiger partial charge < -0.3 is 19.5 Å². The van der Waals surface area contributed by atoms with Crippen LogP contribution < -0.4 is 19.5 Å². The fourth-order valence-corrected chi connectivity index (χ4v) is 4.07. The maximum atomic E-state index is 6.20. The summed E-state index contributed by atoms with van der Waals surface area (Å²) in [5, 5.41) is 3.66. The summed E-state index contributed by atoms with van der Waals surface area (Å²) in [4.78, 5) is 0. The Morgan fingerprint density at radius 1 is 0.931 bits per heavy atom. The van der Waals surface area contributed by atoms with E-state index in [0.717, 1.165) is 42.2 Å². The van der Waals surface area contributed by atoms with E-state index in [1.165, 1.54) is 11.1 Å². The van der Waals surface area contributed by atoms with Crippen LogP contribution >= 0.6 is 0 Å². The molecule has 0 bridgehead atoms. The van der Waals surface area contributed by atoms with Gasteiger partial charge in [-0.15, -0.1) is 0 Å². The standard InChI is InChI=1S/C25H25NO3/c1-2-6-18(7-3-1)16-27-20-11-13-24-25(14-20)29-21(17-28-24)15-26-23-12-10-19-8-4-5-9-22(19)23/h1-9,11,13-14,21,23,26H,10,12,15-17H2/t21-,23?/m1/s1. The van der Waals surface area contributed by atoms with E-state index in [4.69, 9.17) is 14.2 Å². The van der Waals surface area contributed by atoms with Crippen molar-refractivity contribution in [2.24, 2.45) is 0 Å². The summed E-state index contributed by atoms with van der Waals surface area (Å²) in [5.74, 6) is 2.31. The monoisotopic (exact) mass is 387 g/mol. The molecule has 1 N–H and O–H groups in total. The molecule has 0 spiro atoms. The summed E-state index contributed by atoms with van der Waals surface area (Å²) in [6.07, 6.45) is 2.27. The van der Waals surface area contributed by atoms with Gasteiger partial charge in [-0.3, -0.25) is 0 Å². The summed E-state index contributed by atoms with van der Waals surface area (Å²) in [5.41, 5.74) is 4.01. The SMILES string of the molecule is c1ccc(COc2ccc3c(c2)O[C@H](CNC2CCc4ccccc42)CO3)cc1. The average molecular weight is 387 g/mol. The van der Waals surface area contributed by atoms with Gasteiger partial charge in [-0.05, 0) is 41.7 Å². The smallest absolute Gasteiger partial charge is 0.165 e. The van der Waals surface area contributed by atoms with Crippen molar-refractivity contribution in [2.75, 3.05) is 13.2 Å². The van der Waals surface area contributed by atoms with Gasteiger partial charge in [0.25, 0.3) is 0 Å². The number of benzene rings is 3. The van der Waals surface area contributed by atoms with Crippen molar-refractivity contribution in [1.29, 1.82) is 0 Å². The molecule has 0 saturated carbocycles. The molecule has 1 heterocycles. The summed E-state index contributed by atoms with van der Waals surface area (Å²) in [6.45, 7) is 1.85. The van der Waals surface area contributed by atoms with E-state index < -0.39 is 0 Å². The van der Waals surface area contributed by atoms with Crippen LogP contribution in [0.1, 0.15) is 29.2 Å². The zero-order valence-electron chi connectivity index (χ0n) is 16.3. The van der Waals surface area contributed by atoms with Crippen molar-refractivity contribution in [3.05, 3.63) is 89.5 Å². The van der Waals surface area contributed by atoms with Gasteiger partial charge in [0, 0.05) is 18.7 Å². The van der Waals surface area contributed by atoms with Crippen molar-refractivity contribution in [3.63, 3.8) is 0 Å². The van der Waals surface area contributed by atoms with Crippen LogP contribution in [0.25, 0.3) is 0 Å². The van der Waals surface area contributed by atoms with Gasteiger partial charge in [0.2, 0.25) is 0 Å². The molecule has 0 fully saturated rings. The Kier molecular flexibility index (Phi) is 5.10. The molecule has 1 aliphatic heterocycles. The first-order valence-corrected chi connectivity index (χ1v) is 10.3. The molecule has 1 aliphatic carbocycles. The fourth-order valence-electron chi connectivity index (χ4n) is 4.07. The quantitative estimate of drug-likeness (QED) is 0.667. The van der Waals surface area contributed by atoms with E-state index in [2.05, 4.69) is 41.7 Å². The van der Waals surface area contributed by atoms with E-state index in [1.807, 2.05) is 36.4 Å². The van der Waals surface area contributed by atoms with Crippen LogP contribution in [0.3, 0.4) is 0 Å². The van der Waals surface area contributed by atoms with Gasteiger partial charge >= 0.3 is 0 Å². The maximum absolute atomic E-state index is 6.20. The first kappa shape index (κ1) is 18.1. The maximum Gasteiger partial charge on any atom is 0.165 e. The Balaban J connectivity index is 1.19. The second kappa shape index (κ2) is 8.18. The minimum absolute atomic E-state index is 0.0142. The third-order valence-electron chi connectivity index (χ3n) is 5.61. The number of fused-ring (bicyclic) bond motifs is 2. The van der Waals surface area contributed by atoms with Crippen molar-refractivity contribution in [3.8, 4) is 17.2 Å². The molecule has 0 saturated heterocycles. The molecule has 3 aromatic carbocycles. The van der Waals surface area contributed by atoms with Crippen molar-refractivity contribution < 1.29 is 14.2 Å². The molecule has 4 nitrogen and oxygen atoms in total. The lowest BCUT2D eigenvalue weighted by Gasteiger charge is -2.28. The zero-order valence-corrected chi connectivity index (χ0v) is 16.3. The lowest BCUT2D eigenvalue weighted by Crippen LogP contribution is -2.39. The van der Waals surface area contributed by atoms with Crippen LogP contribution in [0.2, 0.25) is 0 Å². The molecule has 5 rings (SSSR count). The van der Waals surface area contributed by atoms with Gasteiger partial charge in [0.05, 0.1) is 0 Å². The average Bonchev–Trinajstić information content (AvgIpc) is 3.20. The van der Waals surface area contributed by atoms with Crippen LogP contribution in [0.4, 0.5) is 0 Å². The number of hydrogen-bond acceptors (Lipinski definition) is 4. The fraction of sp³-hybridized carbons (Fsp3) is 0.280. The molecule has 0 amide bonds. The minimum atomic E-state index is -0.0142. The molecule has 148 valence electrons. The largest absolute Gasteiger partial charge is 0.489 e. The number of rotatable bonds is 6. The lowest BCUT2D eigenvalue weighted by atomic mass is 10.1. The summed E-state index contributed by atoms with van der Waals surface area (Å²) in [6, 6.07) is 25.0. The van der Waals surface area contributed by atoms with Crippen LogP contribution in [0.5, 0.6) is 17.2 Å². The third-order valence-corrected chi connectivity index (χ3v) is 5.61. The highest BCUT2D eigenvalue weighted by molar-refractivity contribution is 5.46. The van der Waals surface area contributed by atoms with Gasteiger partial charge in [-0.2, -0.15) is 0 Å². The number of aryl methyl sites for hydroxylation is 1. The number of ether oxygens (including phenoxy) is 3. The summed E-state index contributed by atoms with van der Waals surface area (Å²) < 4.78 is 18.0. The van der Waals surface area contributed by atoms with Crippen LogP contribution in [0.15, 0.2) is 72.8 Å². The second-order valence-corrected chi connectivity index (χ2v) is 7.63.